The van der Waals surface area contributed by atoms with Crippen LogP contribution in [0.25, 0.3) is 0 Å². The first-order valence-electron chi connectivity index (χ1n) is 5.95. The van der Waals surface area contributed by atoms with Crippen LogP contribution >= 0.6 is 0 Å². The van der Waals surface area contributed by atoms with E-state index in [4.69, 9.17) is 0 Å². The molecule has 0 aromatic heterocycles. The normalized spacial score (nSPS) is 25.6. The fraction of sp³-hybridized carbons (Fsp3) is 0.909. The van der Waals surface area contributed by atoms with Gasteiger partial charge in [0.2, 0.25) is 5.91 Å². The molecular weight excluding hydrogens is 233 g/mol. The number of hydrogen-bond donors (Lipinski definition) is 2. The maximum absolute atomic E-state index is 11.8. The van der Waals surface area contributed by atoms with Crippen molar-refractivity contribution in [2.24, 2.45) is 5.92 Å². The van der Waals surface area contributed by atoms with Crippen molar-refractivity contribution in [3.63, 3.8) is 0 Å². The first-order valence-corrected chi connectivity index (χ1v) is 5.95. The van der Waals surface area contributed by atoms with E-state index in [0.717, 1.165) is 19.3 Å². The van der Waals surface area contributed by atoms with Gasteiger partial charge in [-0.3, -0.25) is 4.79 Å². The Balaban J connectivity index is 2.20. The van der Waals surface area contributed by atoms with Gasteiger partial charge in [0, 0.05) is 6.04 Å². The molecule has 3 nitrogen and oxygen atoms in total. The fourth-order valence-electron chi connectivity index (χ4n) is 2.11. The molecule has 17 heavy (non-hydrogen) atoms. The second kappa shape index (κ2) is 6.23. The highest BCUT2D eigenvalue weighted by molar-refractivity contribution is 5.78. The molecule has 0 heterocycles. The second-order valence-electron chi connectivity index (χ2n) is 4.65. The summed E-state index contributed by atoms with van der Waals surface area (Å²) in [5.74, 6) is 0.0586. The van der Waals surface area contributed by atoms with E-state index in [0.29, 0.717) is 5.92 Å². The Morgan fingerprint density at radius 3 is 2.53 bits per heavy atom. The first-order chi connectivity index (χ1) is 7.88. The third kappa shape index (κ3) is 5.91. The number of alkyl halides is 3. The average Bonchev–Trinajstić information content (AvgIpc) is 2.19. The van der Waals surface area contributed by atoms with Gasteiger partial charge < -0.3 is 10.6 Å². The minimum absolute atomic E-state index is 0.115. The van der Waals surface area contributed by atoms with Gasteiger partial charge >= 0.3 is 6.18 Å². The maximum Gasteiger partial charge on any atom is 0.401 e. The number of carbonyl (C=O) groups excluding carboxylic acids is 1. The van der Waals surface area contributed by atoms with Crippen molar-refractivity contribution < 1.29 is 18.0 Å². The molecule has 6 heteroatoms. The topological polar surface area (TPSA) is 41.1 Å². The van der Waals surface area contributed by atoms with Crippen LogP contribution in [-0.2, 0) is 4.79 Å². The second-order valence-corrected chi connectivity index (χ2v) is 4.65. The van der Waals surface area contributed by atoms with Crippen molar-refractivity contribution in [2.75, 3.05) is 13.1 Å². The van der Waals surface area contributed by atoms with Crippen molar-refractivity contribution in [1.29, 1.82) is 0 Å². The highest BCUT2D eigenvalue weighted by Gasteiger charge is 2.27. The number of halogens is 3. The molecule has 0 aromatic carbocycles. The van der Waals surface area contributed by atoms with Crippen LogP contribution in [-0.4, -0.2) is 31.2 Å². The van der Waals surface area contributed by atoms with Crippen LogP contribution in [0, 0.1) is 5.92 Å². The van der Waals surface area contributed by atoms with Crippen LogP contribution in [0.4, 0.5) is 13.2 Å². The Labute approximate surface area is 99.1 Å². The molecule has 0 radical (unpaired) electrons. The van der Waals surface area contributed by atoms with Crippen LogP contribution in [0.3, 0.4) is 0 Å². The van der Waals surface area contributed by atoms with Crippen molar-refractivity contribution >= 4 is 5.91 Å². The lowest BCUT2D eigenvalue weighted by molar-refractivity contribution is -0.129. The summed E-state index contributed by atoms with van der Waals surface area (Å²) < 4.78 is 35.5. The van der Waals surface area contributed by atoms with Gasteiger partial charge in [0.15, 0.2) is 0 Å². The molecule has 0 spiro atoms. The third-order valence-corrected chi connectivity index (χ3v) is 3.07. The molecule has 2 unspecified atom stereocenters. The lowest BCUT2D eigenvalue weighted by Crippen LogP contribution is -2.45. The summed E-state index contributed by atoms with van der Waals surface area (Å²) in [6, 6.07) is 0.115. The minimum Gasteiger partial charge on any atom is -0.352 e. The van der Waals surface area contributed by atoms with Gasteiger partial charge in [-0.25, -0.2) is 0 Å². The summed E-state index contributed by atoms with van der Waals surface area (Å²) in [5.41, 5.74) is 0. The molecule has 1 saturated carbocycles. The Hall–Kier alpha value is -0.780. The third-order valence-electron chi connectivity index (χ3n) is 3.07. The van der Waals surface area contributed by atoms with Crippen LogP contribution < -0.4 is 10.6 Å². The zero-order valence-electron chi connectivity index (χ0n) is 9.94. The van der Waals surface area contributed by atoms with Crippen molar-refractivity contribution in [3.8, 4) is 0 Å². The van der Waals surface area contributed by atoms with E-state index in [1.54, 1.807) is 0 Å². The Morgan fingerprint density at radius 1 is 1.29 bits per heavy atom. The predicted octanol–water partition coefficient (Wildman–Crippen LogP) is 1.83. The monoisotopic (exact) mass is 252 g/mol. The summed E-state index contributed by atoms with van der Waals surface area (Å²) in [4.78, 5) is 11.4. The van der Waals surface area contributed by atoms with Crippen molar-refractivity contribution in [3.05, 3.63) is 0 Å². The van der Waals surface area contributed by atoms with E-state index >= 15 is 0 Å². The Bertz CT molecular complexity index is 256. The summed E-state index contributed by atoms with van der Waals surface area (Å²) in [6.07, 6.45) is -0.0311. The molecule has 2 N–H and O–H groups in total. The zero-order chi connectivity index (χ0) is 12.9. The van der Waals surface area contributed by atoms with E-state index in [1.807, 2.05) is 0 Å². The molecule has 2 atom stereocenters. The van der Waals surface area contributed by atoms with Crippen LogP contribution in [0.5, 0.6) is 0 Å². The predicted molar refractivity (Wildman–Crippen MR) is 58.5 cm³/mol. The zero-order valence-corrected chi connectivity index (χ0v) is 9.94. The van der Waals surface area contributed by atoms with Gasteiger partial charge in [-0.05, 0) is 18.8 Å². The quantitative estimate of drug-likeness (QED) is 0.801. The molecule has 100 valence electrons. The highest BCUT2D eigenvalue weighted by atomic mass is 19.4. The van der Waals surface area contributed by atoms with E-state index < -0.39 is 12.7 Å². The number of rotatable bonds is 4. The van der Waals surface area contributed by atoms with Crippen molar-refractivity contribution in [1.82, 2.24) is 10.6 Å². The van der Waals surface area contributed by atoms with Gasteiger partial charge in [0.25, 0.3) is 0 Å². The first kappa shape index (κ1) is 14.3. The molecule has 0 aromatic rings. The molecular formula is C11H19F3N2O. The number of carbonyl (C=O) groups is 1. The van der Waals surface area contributed by atoms with Gasteiger partial charge in [0.05, 0.1) is 13.1 Å². The number of hydrogen-bond acceptors (Lipinski definition) is 2. The summed E-state index contributed by atoms with van der Waals surface area (Å²) in [7, 11) is 0. The van der Waals surface area contributed by atoms with E-state index in [2.05, 4.69) is 17.6 Å². The van der Waals surface area contributed by atoms with E-state index in [9.17, 15) is 18.0 Å². The molecule has 0 saturated heterocycles. The highest BCUT2D eigenvalue weighted by Crippen LogP contribution is 2.23. The van der Waals surface area contributed by atoms with Crippen LogP contribution in [0.2, 0.25) is 0 Å². The maximum atomic E-state index is 11.8. The van der Waals surface area contributed by atoms with Gasteiger partial charge in [0.1, 0.15) is 0 Å². The van der Waals surface area contributed by atoms with Crippen LogP contribution in [0.1, 0.15) is 32.6 Å². The largest absolute Gasteiger partial charge is 0.401 e. The van der Waals surface area contributed by atoms with Crippen molar-refractivity contribution in [2.45, 2.75) is 44.8 Å². The minimum atomic E-state index is -4.27. The lowest BCUT2D eigenvalue weighted by Gasteiger charge is -2.29. The van der Waals surface area contributed by atoms with Gasteiger partial charge in [-0.1, -0.05) is 19.8 Å². The van der Waals surface area contributed by atoms with E-state index in [-0.39, 0.29) is 18.5 Å². The molecule has 1 aliphatic rings. The molecule has 1 amide bonds. The van der Waals surface area contributed by atoms with Gasteiger partial charge in [-0.15, -0.1) is 0 Å². The SMILES string of the molecule is CC1CCCCC1NC(=O)CNCC(F)(F)F. The standard InChI is InChI=1S/C11H19F3N2O/c1-8-4-2-3-5-9(8)16-10(17)6-15-7-11(12,13)14/h8-9,15H,2-7H2,1H3,(H,16,17). The smallest absolute Gasteiger partial charge is 0.352 e. The lowest BCUT2D eigenvalue weighted by atomic mass is 9.86. The van der Waals surface area contributed by atoms with Crippen LogP contribution in [0.15, 0.2) is 0 Å². The number of amides is 1. The summed E-state index contributed by atoms with van der Waals surface area (Å²) >= 11 is 0. The fourth-order valence-corrected chi connectivity index (χ4v) is 2.11. The average molecular weight is 252 g/mol. The van der Waals surface area contributed by atoms with Gasteiger partial charge in [-0.2, -0.15) is 13.2 Å². The Morgan fingerprint density at radius 2 is 1.94 bits per heavy atom. The molecule has 0 bridgehead atoms. The summed E-state index contributed by atoms with van der Waals surface area (Å²) in [6.45, 7) is 0.663. The molecule has 1 fully saturated rings. The Kier molecular flexibility index (Phi) is 5.24. The van der Waals surface area contributed by atoms with E-state index in [1.165, 1.54) is 6.42 Å². The number of nitrogens with one attached hydrogen (secondary N) is 2. The molecule has 0 aliphatic heterocycles. The summed E-state index contributed by atoms with van der Waals surface area (Å²) in [5, 5.41) is 4.88. The molecule has 1 aliphatic carbocycles. The molecule has 1 rings (SSSR count).